The van der Waals surface area contributed by atoms with Crippen molar-refractivity contribution in [3.8, 4) is 5.75 Å². The van der Waals surface area contributed by atoms with Crippen molar-refractivity contribution in [3.05, 3.63) is 89.6 Å². The van der Waals surface area contributed by atoms with Gasteiger partial charge in [-0.25, -0.2) is 4.79 Å². The topological polar surface area (TPSA) is 72.5 Å². The summed E-state index contributed by atoms with van der Waals surface area (Å²) >= 11 is 0. The van der Waals surface area contributed by atoms with E-state index in [-0.39, 0.29) is 5.04 Å². The fraction of sp³-hybridized carbons (Fsp3) is 0.452. The maximum atomic E-state index is 12.9. The first kappa shape index (κ1) is 28.8. The molecule has 210 valence electrons. The molecule has 0 saturated heterocycles. The van der Waals surface area contributed by atoms with Crippen LogP contribution in [0, 0.1) is 0 Å². The first-order chi connectivity index (χ1) is 18.6. The van der Waals surface area contributed by atoms with Crippen LogP contribution in [0.4, 0.5) is 0 Å². The monoisotopic (exact) mass is 552 g/mol. The van der Waals surface area contributed by atoms with E-state index in [1.54, 1.807) is 31.6 Å². The molecule has 0 unspecified atom stereocenters. The van der Waals surface area contributed by atoms with Crippen LogP contribution in [0.3, 0.4) is 0 Å². The summed E-state index contributed by atoms with van der Waals surface area (Å²) in [6, 6.07) is 16.7. The van der Waals surface area contributed by atoms with Crippen LogP contribution in [0.5, 0.6) is 5.75 Å². The van der Waals surface area contributed by atoms with Crippen molar-refractivity contribution in [1.82, 2.24) is 0 Å². The van der Waals surface area contributed by atoms with Crippen molar-refractivity contribution in [2.24, 2.45) is 0 Å². The van der Waals surface area contributed by atoms with Crippen LogP contribution in [0.15, 0.2) is 78.5 Å². The zero-order chi connectivity index (χ0) is 28.0. The van der Waals surface area contributed by atoms with Gasteiger partial charge in [0.05, 0.1) is 32.1 Å². The fourth-order valence-electron chi connectivity index (χ4n) is 4.16. The van der Waals surface area contributed by atoms with Crippen LogP contribution in [0.1, 0.15) is 49.5 Å². The molecular formula is C31H40O7Si. The number of methoxy groups -OCH3 is 1. The first-order valence-electron chi connectivity index (χ1n) is 13.4. The lowest BCUT2D eigenvalue weighted by Gasteiger charge is -2.37. The quantitative estimate of drug-likeness (QED) is 0.238. The maximum Gasteiger partial charge on any atom is 0.338 e. The molecule has 0 saturated carbocycles. The molecule has 0 bridgehead atoms. The van der Waals surface area contributed by atoms with Gasteiger partial charge in [0.25, 0.3) is 14.3 Å². The summed E-state index contributed by atoms with van der Waals surface area (Å²) in [7, 11) is -0.446. The van der Waals surface area contributed by atoms with Crippen molar-refractivity contribution >= 4 is 14.3 Å². The normalized spacial score (nSPS) is 21.2. The molecule has 0 radical (unpaired) electrons. The van der Waals surface area contributed by atoms with Crippen molar-refractivity contribution in [2.45, 2.75) is 76.7 Å². The van der Waals surface area contributed by atoms with Crippen molar-refractivity contribution in [1.29, 1.82) is 0 Å². The second kappa shape index (κ2) is 12.3. The van der Waals surface area contributed by atoms with Gasteiger partial charge in [-0.1, -0.05) is 51.1 Å². The summed E-state index contributed by atoms with van der Waals surface area (Å²) in [6.07, 6.45) is 3.09. The molecule has 2 aromatic carbocycles. The van der Waals surface area contributed by atoms with Crippen molar-refractivity contribution < 1.29 is 32.9 Å². The number of rotatable bonds is 10. The minimum Gasteiger partial charge on any atom is -0.519 e. The SMILES string of the molecule is COc1ccc(CO[C@H]2[C@H](OC(=O)c3ccccc3)C=CO[C@@H]2CC2=C(O[Si](C)(C)C(C)(C)C)OCC2)cc1. The average Bonchev–Trinajstić information content (AvgIpc) is 3.34. The standard InChI is InChI=1S/C31H40O7Si/c1-31(2,3)39(5,6)38-30-24(16-18-35-30)20-27-28(36-21-22-12-14-25(33-4)15-13-22)26(17-19-34-27)37-29(32)23-10-8-7-9-11-23/h7-15,17,19,26-28H,16,18,20-21H2,1-6H3/t26-,27-,28+/m1/s1. The maximum absolute atomic E-state index is 12.9. The van der Waals surface area contributed by atoms with Gasteiger partial charge in [-0.05, 0) is 54.0 Å². The molecule has 2 aromatic rings. The van der Waals surface area contributed by atoms with Crippen LogP contribution in [-0.4, -0.2) is 46.3 Å². The largest absolute Gasteiger partial charge is 0.519 e. The summed E-state index contributed by atoms with van der Waals surface area (Å²) in [4.78, 5) is 12.9. The third kappa shape index (κ3) is 7.25. The second-order valence-corrected chi connectivity index (χ2v) is 16.1. The van der Waals surface area contributed by atoms with Crippen LogP contribution >= 0.6 is 0 Å². The highest BCUT2D eigenvalue weighted by Crippen LogP contribution is 2.40. The van der Waals surface area contributed by atoms with Gasteiger partial charge in [-0.2, -0.15) is 0 Å². The van der Waals surface area contributed by atoms with Gasteiger partial charge in [0.1, 0.15) is 18.0 Å². The Kier molecular flexibility index (Phi) is 9.07. The number of hydrogen-bond acceptors (Lipinski definition) is 7. The Balaban J connectivity index is 1.55. The van der Waals surface area contributed by atoms with Crippen LogP contribution in [0.2, 0.25) is 18.1 Å². The van der Waals surface area contributed by atoms with Crippen LogP contribution < -0.4 is 4.74 Å². The van der Waals surface area contributed by atoms with E-state index in [0.29, 0.717) is 31.1 Å². The third-order valence-electron chi connectivity index (χ3n) is 7.59. The van der Waals surface area contributed by atoms with E-state index in [2.05, 4.69) is 33.9 Å². The minimum absolute atomic E-state index is 0.0435. The summed E-state index contributed by atoms with van der Waals surface area (Å²) in [6.45, 7) is 11.9. The number of benzene rings is 2. The van der Waals surface area contributed by atoms with E-state index in [1.165, 1.54) is 0 Å². The molecule has 8 heteroatoms. The average molecular weight is 553 g/mol. The number of carbonyl (C=O) groups is 1. The molecule has 2 heterocycles. The van der Waals surface area contributed by atoms with E-state index in [0.717, 1.165) is 23.3 Å². The highest BCUT2D eigenvalue weighted by Gasteiger charge is 2.42. The lowest BCUT2D eigenvalue weighted by molar-refractivity contribution is -0.112. The molecule has 0 aromatic heterocycles. The Labute approximate surface area is 232 Å². The number of carbonyl (C=O) groups excluding carboxylic acids is 1. The molecule has 39 heavy (non-hydrogen) atoms. The van der Waals surface area contributed by atoms with Crippen LogP contribution in [0.25, 0.3) is 0 Å². The van der Waals surface area contributed by atoms with Gasteiger partial charge in [0.2, 0.25) is 0 Å². The summed E-state index contributed by atoms with van der Waals surface area (Å²) in [5.41, 5.74) is 2.52. The second-order valence-electron chi connectivity index (χ2n) is 11.4. The summed E-state index contributed by atoms with van der Waals surface area (Å²) in [5.74, 6) is 0.985. The Morgan fingerprint density at radius 3 is 2.44 bits per heavy atom. The number of hydrogen-bond donors (Lipinski definition) is 0. The Morgan fingerprint density at radius 2 is 1.77 bits per heavy atom. The molecule has 0 fully saturated rings. The summed E-state index contributed by atoms with van der Waals surface area (Å²) in [5, 5.41) is 0.0435. The minimum atomic E-state index is -2.08. The highest BCUT2D eigenvalue weighted by atomic mass is 28.4. The number of ether oxygens (including phenoxy) is 5. The van der Waals surface area contributed by atoms with Gasteiger partial charge in [-0.15, -0.1) is 0 Å². The molecule has 0 spiro atoms. The van der Waals surface area contributed by atoms with Crippen molar-refractivity contribution in [3.63, 3.8) is 0 Å². The molecule has 0 amide bonds. The molecule has 0 aliphatic carbocycles. The molecule has 3 atom stereocenters. The van der Waals surface area contributed by atoms with Gasteiger partial charge < -0.3 is 28.1 Å². The predicted octanol–water partition coefficient (Wildman–Crippen LogP) is 6.76. The van der Waals surface area contributed by atoms with Gasteiger partial charge in [-0.3, -0.25) is 0 Å². The molecule has 7 nitrogen and oxygen atoms in total. The molecule has 0 N–H and O–H groups in total. The zero-order valence-corrected chi connectivity index (χ0v) is 24.8. The molecule has 2 aliphatic heterocycles. The van der Waals surface area contributed by atoms with E-state index in [4.69, 9.17) is 28.1 Å². The van der Waals surface area contributed by atoms with E-state index in [1.807, 2.05) is 42.5 Å². The van der Waals surface area contributed by atoms with E-state index < -0.39 is 32.6 Å². The predicted molar refractivity (Wildman–Crippen MR) is 152 cm³/mol. The third-order valence-corrected chi connectivity index (χ3v) is 11.9. The Hall–Kier alpha value is -3.23. The van der Waals surface area contributed by atoms with Gasteiger partial charge in [0, 0.05) is 18.4 Å². The molecule has 2 aliphatic rings. The molecular weight excluding hydrogens is 512 g/mol. The Bertz CT molecular complexity index is 1170. The van der Waals surface area contributed by atoms with Gasteiger partial charge in [0.15, 0.2) is 6.10 Å². The fourth-order valence-corrected chi connectivity index (χ4v) is 5.13. The van der Waals surface area contributed by atoms with Gasteiger partial charge >= 0.3 is 5.97 Å². The summed E-state index contributed by atoms with van der Waals surface area (Å²) < 4.78 is 36.2. The van der Waals surface area contributed by atoms with E-state index >= 15 is 0 Å². The first-order valence-corrected chi connectivity index (χ1v) is 16.3. The molecule has 4 rings (SSSR count). The van der Waals surface area contributed by atoms with Crippen LogP contribution in [-0.2, 0) is 30.0 Å². The lowest BCUT2D eigenvalue weighted by atomic mass is 9.97. The zero-order valence-electron chi connectivity index (χ0n) is 23.8. The lowest BCUT2D eigenvalue weighted by Crippen LogP contribution is -2.45. The van der Waals surface area contributed by atoms with Crippen molar-refractivity contribution in [2.75, 3.05) is 13.7 Å². The smallest absolute Gasteiger partial charge is 0.338 e. The highest BCUT2D eigenvalue weighted by molar-refractivity contribution is 6.74. The van der Waals surface area contributed by atoms with E-state index in [9.17, 15) is 4.79 Å². The number of esters is 1. The Morgan fingerprint density at radius 1 is 1.05 bits per heavy atom.